The zero-order valence-corrected chi connectivity index (χ0v) is 11.4. The van der Waals surface area contributed by atoms with Gasteiger partial charge in [0.25, 0.3) is 0 Å². The van der Waals surface area contributed by atoms with Gasteiger partial charge in [0.1, 0.15) is 7.28 Å². The van der Waals surface area contributed by atoms with Crippen molar-refractivity contribution in [1.82, 2.24) is 0 Å². The highest BCUT2D eigenvalue weighted by Crippen LogP contribution is 2.16. The van der Waals surface area contributed by atoms with E-state index in [1.54, 1.807) is 0 Å². The summed E-state index contributed by atoms with van der Waals surface area (Å²) in [6, 6.07) is 0. The van der Waals surface area contributed by atoms with Gasteiger partial charge in [-0.3, -0.25) is 0 Å². The Labute approximate surface area is 102 Å². The Hall–Kier alpha value is -0.975. The average Bonchev–Trinajstić information content (AvgIpc) is 2.26. The molecular formula is C15H24B. The van der Waals surface area contributed by atoms with Crippen molar-refractivity contribution in [3.05, 3.63) is 47.6 Å². The third-order valence-corrected chi connectivity index (χ3v) is 2.72. The van der Waals surface area contributed by atoms with Crippen LogP contribution in [0.4, 0.5) is 0 Å². The first kappa shape index (κ1) is 15.0. The van der Waals surface area contributed by atoms with Gasteiger partial charge in [-0.15, -0.1) is 6.58 Å². The van der Waals surface area contributed by atoms with Crippen LogP contribution in [0.15, 0.2) is 47.6 Å². The number of allylic oxidation sites excluding steroid dienone is 7. The van der Waals surface area contributed by atoms with Gasteiger partial charge >= 0.3 is 0 Å². The summed E-state index contributed by atoms with van der Waals surface area (Å²) >= 11 is 0. The number of rotatable bonds is 6. The van der Waals surface area contributed by atoms with Crippen molar-refractivity contribution in [3.63, 3.8) is 0 Å². The van der Waals surface area contributed by atoms with Crippen LogP contribution in [0.2, 0.25) is 12.6 Å². The van der Waals surface area contributed by atoms with Crippen LogP contribution in [-0.4, -0.2) is 7.28 Å². The van der Waals surface area contributed by atoms with Crippen molar-refractivity contribution < 1.29 is 0 Å². The van der Waals surface area contributed by atoms with Crippen LogP contribution in [0.25, 0.3) is 0 Å². The molecule has 0 N–H and O–H groups in total. The Kier molecular flexibility index (Phi) is 7.71. The number of hydrogen-bond acceptors (Lipinski definition) is 0. The zero-order chi connectivity index (χ0) is 12.6. The Morgan fingerprint density at radius 3 is 2.19 bits per heavy atom. The lowest BCUT2D eigenvalue weighted by atomic mass is 9.65. The maximum Gasteiger partial charge on any atom is 0.115 e. The Balaban J connectivity index is 4.48. The van der Waals surface area contributed by atoms with Crippen molar-refractivity contribution in [2.75, 3.05) is 0 Å². The Morgan fingerprint density at radius 1 is 1.12 bits per heavy atom. The molecule has 1 atom stereocenters. The molecule has 0 rings (SSSR count). The third-order valence-electron chi connectivity index (χ3n) is 2.72. The van der Waals surface area contributed by atoms with Crippen LogP contribution in [0.3, 0.4) is 0 Å². The van der Waals surface area contributed by atoms with Crippen LogP contribution in [0.1, 0.15) is 34.1 Å². The van der Waals surface area contributed by atoms with Crippen LogP contribution < -0.4 is 0 Å². The summed E-state index contributed by atoms with van der Waals surface area (Å²) < 4.78 is 0. The number of hydrogen-bond donors (Lipinski definition) is 0. The fourth-order valence-electron chi connectivity index (χ4n) is 1.27. The van der Waals surface area contributed by atoms with E-state index in [0.717, 1.165) is 6.42 Å². The van der Waals surface area contributed by atoms with Gasteiger partial charge in [-0.25, -0.2) is 0 Å². The van der Waals surface area contributed by atoms with E-state index in [1.165, 1.54) is 16.7 Å². The van der Waals surface area contributed by atoms with E-state index in [1.807, 2.05) is 6.08 Å². The first-order valence-electron chi connectivity index (χ1n) is 5.92. The first-order valence-corrected chi connectivity index (χ1v) is 5.92. The Bertz CT molecular complexity index is 301. The molecule has 0 fully saturated rings. The second kappa shape index (κ2) is 8.21. The monoisotopic (exact) mass is 215 g/mol. The van der Waals surface area contributed by atoms with E-state index in [0.29, 0.717) is 5.82 Å². The highest BCUT2D eigenvalue weighted by atomic mass is 14.0. The molecule has 0 nitrogen and oxygen atoms in total. The van der Waals surface area contributed by atoms with Crippen LogP contribution >= 0.6 is 0 Å². The summed E-state index contributed by atoms with van der Waals surface area (Å²) in [5.41, 5.74) is 4.02. The standard InChI is InChI=1S/C15H24B/c1-7-15(16-6)11-10-14(5)13(4)9-8-12(2)3/h7-10,15H,1,11H2,2-6H3/b13-9+,14-10+. The van der Waals surface area contributed by atoms with Gasteiger partial charge in [-0.2, -0.15) is 0 Å². The fraction of sp³-hybridized carbons (Fsp3) is 0.467. The van der Waals surface area contributed by atoms with Crippen molar-refractivity contribution >= 4 is 7.28 Å². The molecule has 0 aliphatic heterocycles. The summed E-state index contributed by atoms with van der Waals surface area (Å²) in [6.45, 7) is 14.5. The second-order valence-corrected chi connectivity index (χ2v) is 4.45. The third kappa shape index (κ3) is 6.50. The second-order valence-electron chi connectivity index (χ2n) is 4.45. The van der Waals surface area contributed by atoms with Gasteiger partial charge in [0, 0.05) is 0 Å². The van der Waals surface area contributed by atoms with E-state index < -0.39 is 0 Å². The maximum atomic E-state index is 3.83. The summed E-state index contributed by atoms with van der Waals surface area (Å²) in [5, 5.41) is 0. The zero-order valence-electron chi connectivity index (χ0n) is 11.4. The molecule has 0 saturated carbocycles. The van der Waals surface area contributed by atoms with Crippen LogP contribution in [0.5, 0.6) is 0 Å². The molecule has 0 aromatic heterocycles. The van der Waals surface area contributed by atoms with E-state index in [9.17, 15) is 0 Å². The average molecular weight is 215 g/mol. The van der Waals surface area contributed by atoms with Gasteiger partial charge in [0.05, 0.1) is 0 Å². The summed E-state index contributed by atoms with van der Waals surface area (Å²) in [6.07, 6.45) is 9.67. The van der Waals surface area contributed by atoms with Gasteiger partial charge in [-0.1, -0.05) is 42.3 Å². The van der Waals surface area contributed by atoms with E-state index in [2.05, 4.69) is 66.6 Å². The van der Waals surface area contributed by atoms with Crippen LogP contribution in [-0.2, 0) is 0 Å². The van der Waals surface area contributed by atoms with Gasteiger partial charge in [0.15, 0.2) is 0 Å². The van der Waals surface area contributed by atoms with E-state index in [-0.39, 0.29) is 0 Å². The lowest BCUT2D eigenvalue weighted by Gasteiger charge is -2.06. The molecule has 0 spiro atoms. The SMILES string of the molecule is C=CC([B]C)C/C=C(C)/C(C)=C/C=C(C)C. The molecule has 0 heterocycles. The molecule has 0 aromatic rings. The molecule has 1 unspecified atom stereocenters. The molecule has 1 heteroatoms. The molecule has 0 aromatic carbocycles. The minimum atomic E-state index is 0.492. The smallest absolute Gasteiger partial charge is 0.104 e. The van der Waals surface area contributed by atoms with Gasteiger partial charge in [0.2, 0.25) is 0 Å². The summed E-state index contributed by atoms with van der Waals surface area (Å²) in [4.78, 5) is 0. The van der Waals surface area contributed by atoms with Crippen molar-refractivity contribution in [2.24, 2.45) is 0 Å². The quantitative estimate of drug-likeness (QED) is 0.333. The molecule has 0 amide bonds. The van der Waals surface area contributed by atoms with Crippen molar-refractivity contribution in [2.45, 2.75) is 46.8 Å². The lowest BCUT2D eigenvalue weighted by Crippen LogP contribution is -1.94. The summed E-state index contributed by atoms with van der Waals surface area (Å²) in [5.74, 6) is 0.492. The predicted molar refractivity (Wildman–Crippen MR) is 77.1 cm³/mol. The molecule has 16 heavy (non-hydrogen) atoms. The van der Waals surface area contributed by atoms with Gasteiger partial charge in [-0.05, 0) is 45.5 Å². The van der Waals surface area contributed by atoms with Crippen LogP contribution in [0, 0.1) is 0 Å². The fourth-order valence-corrected chi connectivity index (χ4v) is 1.27. The summed E-state index contributed by atoms with van der Waals surface area (Å²) in [7, 11) is 2.19. The highest BCUT2D eigenvalue weighted by molar-refractivity contribution is 6.36. The molecule has 1 radical (unpaired) electrons. The predicted octanol–water partition coefficient (Wildman–Crippen LogP) is 4.96. The van der Waals surface area contributed by atoms with Gasteiger partial charge < -0.3 is 0 Å². The molecular weight excluding hydrogens is 191 g/mol. The minimum absolute atomic E-state index is 0.492. The Morgan fingerprint density at radius 2 is 1.75 bits per heavy atom. The lowest BCUT2D eigenvalue weighted by molar-refractivity contribution is 1.02. The van der Waals surface area contributed by atoms with E-state index in [4.69, 9.17) is 0 Å². The molecule has 87 valence electrons. The maximum absolute atomic E-state index is 3.83. The highest BCUT2D eigenvalue weighted by Gasteiger charge is 2.00. The minimum Gasteiger partial charge on any atom is -0.104 e. The molecule has 0 aliphatic carbocycles. The topological polar surface area (TPSA) is 0 Å². The van der Waals surface area contributed by atoms with Crippen molar-refractivity contribution in [1.29, 1.82) is 0 Å². The molecule has 0 aliphatic rings. The van der Waals surface area contributed by atoms with Crippen molar-refractivity contribution in [3.8, 4) is 0 Å². The molecule has 0 saturated heterocycles. The largest absolute Gasteiger partial charge is 0.115 e. The normalized spacial score (nSPS) is 14.3. The molecule has 0 bridgehead atoms. The van der Waals surface area contributed by atoms with E-state index >= 15 is 0 Å². The first-order chi connectivity index (χ1) is 7.51.